The Balaban J connectivity index is 1.84. The van der Waals surface area contributed by atoms with Gasteiger partial charge in [-0.15, -0.1) is 0 Å². The molecule has 0 saturated carbocycles. The summed E-state index contributed by atoms with van der Waals surface area (Å²) in [5, 5.41) is 2.71. The van der Waals surface area contributed by atoms with Gasteiger partial charge in [0.05, 0.1) is 13.2 Å². The number of hydrogen-bond donors (Lipinski definition) is 1. The fourth-order valence-electron chi connectivity index (χ4n) is 1.41. The number of benzene rings is 1. The van der Waals surface area contributed by atoms with Crippen LogP contribution in [0.5, 0.6) is 0 Å². The fourth-order valence-corrected chi connectivity index (χ4v) is 1.41. The molecule has 0 radical (unpaired) electrons. The Morgan fingerprint density at radius 2 is 2.07 bits per heavy atom. The van der Waals surface area contributed by atoms with Crippen molar-refractivity contribution in [1.29, 1.82) is 0 Å². The number of amides is 1. The van der Waals surface area contributed by atoms with Crippen LogP contribution in [0, 0.1) is 11.7 Å². The lowest BCUT2D eigenvalue weighted by Gasteiger charge is -2.25. The molecule has 1 amide bonds. The van der Waals surface area contributed by atoms with Crippen LogP contribution in [0.3, 0.4) is 0 Å². The van der Waals surface area contributed by atoms with Crippen LogP contribution >= 0.6 is 0 Å². The van der Waals surface area contributed by atoms with Gasteiger partial charge in [-0.05, 0) is 24.3 Å². The van der Waals surface area contributed by atoms with Crippen LogP contribution in [-0.2, 0) is 9.53 Å². The first kappa shape index (κ1) is 10.1. The second-order valence-electron chi connectivity index (χ2n) is 3.66. The number of anilines is 1. The highest BCUT2D eigenvalue weighted by Gasteiger charge is 2.21. The van der Waals surface area contributed by atoms with Crippen LogP contribution in [0.25, 0.3) is 0 Å². The SMILES string of the molecule is O=C(CC1COC1)Nc1ccc(F)cc1. The fraction of sp³-hybridized carbons (Fsp3) is 0.364. The van der Waals surface area contributed by atoms with Crippen LogP contribution in [-0.4, -0.2) is 19.1 Å². The molecule has 1 aromatic carbocycles. The molecule has 0 aromatic heterocycles. The molecule has 0 unspecified atom stereocenters. The standard InChI is InChI=1S/C11H12FNO2/c12-9-1-3-10(4-2-9)13-11(14)5-8-6-15-7-8/h1-4,8H,5-7H2,(H,13,14). The van der Waals surface area contributed by atoms with Crippen LogP contribution < -0.4 is 5.32 Å². The third kappa shape index (κ3) is 2.76. The summed E-state index contributed by atoms with van der Waals surface area (Å²) in [6.07, 6.45) is 0.470. The summed E-state index contributed by atoms with van der Waals surface area (Å²) in [5.41, 5.74) is 0.627. The number of halogens is 1. The van der Waals surface area contributed by atoms with Crippen molar-refractivity contribution in [2.45, 2.75) is 6.42 Å². The highest BCUT2D eigenvalue weighted by molar-refractivity contribution is 5.90. The lowest BCUT2D eigenvalue weighted by Crippen LogP contribution is -2.31. The smallest absolute Gasteiger partial charge is 0.224 e. The highest BCUT2D eigenvalue weighted by Crippen LogP contribution is 2.16. The van der Waals surface area contributed by atoms with Crippen LogP contribution in [0.15, 0.2) is 24.3 Å². The molecule has 1 aliphatic rings. The Bertz CT molecular complexity index is 346. The molecule has 2 rings (SSSR count). The molecule has 0 spiro atoms. The van der Waals surface area contributed by atoms with Gasteiger partial charge < -0.3 is 10.1 Å². The molecule has 1 saturated heterocycles. The lowest BCUT2D eigenvalue weighted by atomic mass is 10.0. The van der Waals surface area contributed by atoms with Gasteiger partial charge in [0.25, 0.3) is 0 Å². The van der Waals surface area contributed by atoms with Gasteiger partial charge in [-0.3, -0.25) is 4.79 Å². The summed E-state index contributed by atoms with van der Waals surface area (Å²) in [5.74, 6) is -0.0132. The number of rotatable bonds is 3. The minimum atomic E-state index is -0.305. The van der Waals surface area contributed by atoms with Gasteiger partial charge in [0.1, 0.15) is 5.82 Å². The Morgan fingerprint density at radius 3 is 2.60 bits per heavy atom. The maximum absolute atomic E-state index is 12.6. The zero-order valence-electron chi connectivity index (χ0n) is 8.20. The molecule has 80 valence electrons. The van der Waals surface area contributed by atoms with Crippen molar-refractivity contribution in [3.8, 4) is 0 Å². The normalized spacial score (nSPS) is 15.8. The van der Waals surface area contributed by atoms with Gasteiger partial charge in [0.15, 0.2) is 0 Å². The maximum atomic E-state index is 12.6. The van der Waals surface area contributed by atoms with E-state index in [1.54, 1.807) is 12.1 Å². The zero-order chi connectivity index (χ0) is 10.7. The van der Waals surface area contributed by atoms with Crippen molar-refractivity contribution in [2.24, 2.45) is 5.92 Å². The summed E-state index contributed by atoms with van der Waals surface area (Å²) >= 11 is 0. The highest BCUT2D eigenvalue weighted by atomic mass is 19.1. The van der Waals surface area contributed by atoms with Gasteiger partial charge in [-0.1, -0.05) is 0 Å². The molecule has 0 bridgehead atoms. The topological polar surface area (TPSA) is 38.3 Å². The van der Waals surface area contributed by atoms with Gasteiger partial charge >= 0.3 is 0 Å². The van der Waals surface area contributed by atoms with Crippen molar-refractivity contribution in [3.05, 3.63) is 30.1 Å². The molecule has 0 aliphatic carbocycles. The van der Waals surface area contributed by atoms with E-state index in [0.717, 1.165) is 0 Å². The maximum Gasteiger partial charge on any atom is 0.224 e. The first-order valence-electron chi connectivity index (χ1n) is 4.87. The van der Waals surface area contributed by atoms with Gasteiger partial charge in [-0.25, -0.2) is 4.39 Å². The molecule has 1 heterocycles. The van der Waals surface area contributed by atoms with E-state index >= 15 is 0 Å². The van der Waals surface area contributed by atoms with Crippen molar-refractivity contribution in [2.75, 3.05) is 18.5 Å². The van der Waals surface area contributed by atoms with E-state index < -0.39 is 0 Å². The lowest BCUT2D eigenvalue weighted by molar-refractivity contribution is -0.121. The van der Waals surface area contributed by atoms with E-state index in [0.29, 0.717) is 31.2 Å². The second-order valence-corrected chi connectivity index (χ2v) is 3.66. The molecule has 1 N–H and O–H groups in total. The minimum absolute atomic E-state index is 0.0464. The van der Waals surface area contributed by atoms with Crippen LogP contribution in [0.1, 0.15) is 6.42 Å². The van der Waals surface area contributed by atoms with E-state index in [1.165, 1.54) is 12.1 Å². The van der Waals surface area contributed by atoms with Crippen molar-refractivity contribution < 1.29 is 13.9 Å². The van der Waals surface area contributed by atoms with E-state index in [9.17, 15) is 9.18 Å². The van der Waals surface area contributed by atoms with Crippen molar-refractivity contribution >= 4 is 11.6 Å². The summed E-state index contributed by atoms with van der Waals surface area (Å²) in [6, 6.07) is 5.74. The van der Waals surface area contributed by atoms with E-state index in [1.807, 2.05) is 0 Å². The number of ether oxygens (including phenoxy) is 1. The molecule has 1 aliphatic heterocycles. The van der Waals surface area contributed by atoms with E-state index in [4.69, 9.17) is 4.74 Å². The quantitative estimate of drug-likeness (QED) is 0.824. The summed E-state index contributed by atoms with van der Waals surface area (Å²) in [4.78, 5) is 11.4. The molecule has 0 atom stereocenters. The monoisotopic (exact) mass is 209 g/mol. The third-order valence-corrected chi connectivity index (χ3v) is 2.31. The predicted molar refractivity (Wildman–Crippen MR) is 54.0 cm³/mol. The van der Waals surface area contributed by atoms with Crippen LogP contribution in [0.2, 0.25) is 0 Å². The average molecular weight is 209 g/mol. The van der Waals surface area contributed by atoms with E-state index in [-0.39, 0.29) is 11.7 Å². The number of carbonyl (C=O) groups excluding carboxylic acids is 1. The second kappa shape index (κ2) is 4.40. The van der Waals surface area contributed by atoms with Gasteiger partial charge in [0, 0.05) is 18.0 Å². The zero-order valence-corrected chi connectivity index (χ0v) is 8.20. The Kier molecular flexibility index (Phi) is 2.97. The number of hydrogen-bond acceptors (Lipinski definition) is 2. The molecule has 15 heavy (non-hydrogen) atoms. The largest absolute Gasteiger partial charge is 0.381 e. The number of carbonyl (C=O) groups is 1. The van der Waals surface area contributed by atoms with Gasteiger partial charge in [0.2, 0.25) is 5.91 Å². The third-order valence-electron chi connectivity index (χ3n) is 2.31. The molecule has 3 nitrogen and oxygen atoms in total. The average Bonchev–Trinajstić information content (AvgIpc) is 2.16. The Morgan fingerprint density at radius 1 is 1.40 bits per heavy atom. The molecule has 4 heteroatoms. The molecular formula is C11H12FNO2. The first-order valence-corrected chi connectivity index (χ1v) is 4.87. The first-order chi connectivity index (χ1) is 7.24. The molecule has 1 aromatic rings. The minimum Gasteiger partial charge on any atom is -0.381 e. The van der Waals surface area contributed by atoms with Gasteiger partial charge in [-0.2, -0.15) is 0 Å². The summed E-state index contributed by atoms with van der Waals surface area (Å²) in [7, 11) is 0. The van der Waals surface area contributed by atoms with Crippen molar-refractivity contribution in [3.63, 3.8) is 0 Å². The Hall–Kier alpha value is -1.42. The molecular weight excluding hydrogens is 197 g/mol. The summed E-state index contributed by atoms with van der Waals surface area (Å²) in [6.45, 7) is 1.33. The van der Waals surface area contributed by atoms with Crippen molar-refractivity contribution in [1.82, 2.24) is 0 Å². The Labute approximate surface area is 87.2 Å². The van der Waals surface area contributed by atoms with Crippen LogP contribution in [0.4, 0.5) is 10.1 Å². The van der Waals surface area contributed by atoms with E-state index in [2.05, 4.69) is 5.32 Å². The molecule has 1 fully saturated rings. The predicted octanol–water partition coefficient (Wildman–Crippen LogP) is 1.80. The number of nitrogens with one attached hydrogen (secondary N) is 1. The summed E-state index contributed by atoms with van der Waals surface area (Å²) < 4.78 is 17.5.